The lowest BCUT2D eigenvalue weighted by atomic mass is 10.1. The van der Waals surface area contributed by atoms with Crippen molar-refractivity contribution in [1.29, 1.82) is 0 Å². The summed E-state index contributed by atoms with van der Waals surface area (Å²) >= 11 is 0. The Kier molecular flexibility index (Phi) is 4.21. The Morgan fingerprint density at radius 3 is 2.70 bits per heavy atom. The number of nitrogens with zero attached hydrogens (tertiary/aromatic N) is 1. The van der Waals surface area contributed by atoms with Crippen LogP contribution in [0.15, 0.2) is 40.9 Å². The molecule has 7 heteroatoms. The SMILES string of the molecule is C[C@@H](C(=O)NC1CC1)S(=O)(=O)Cc1cc(-c2ccccc2)no1. The first kappa shape index (κ1) is 15.7. The Balaban J connectivity index is 1.70. The molecule has 1 aliphatic carbocycles. The number of hydrogen-bond acceptors (Lipinski definition) is 5. The molecule has 1 aromatic heterocycles. The van der Waals surface area contributed by atoms with E-state index < -0.39 is 21.0 Å². The Bertz CT molecular complexity index is 794. The summed E-state index contributed by atoms with van der Waals surface area (Å²) < 4.78 is 29.8. The molecule has 1 heterocycles. The van der Waals surface area contributed by atoms with Crippen molar-refractivity contribution < 1.29 is 17.7 Å². The van der Waals surface area contributed by atoms with Gasteiger partial charge in [0.05, 0.1) is 0 Å². The summed E-state index contributed by atoms with van der Waals surface area (Å²) in [5.74, 6) is -0.559. The lowest BCUT2D eigenvalue weighted by Crippen LogP contribution is -2.39. The molecule has 0 aliphatic heterocycles. The van der Waals surface area contributed by atoms with Crippen LogP contribution < -0.4 is 5.32 Å². The maximum Gasteiger partial charge on any atom is 0.238 e. The molecule has 1 fully saturated rings. The molecule has 0 spiro atoms. The molecule has 1 saturated carbocycles. The molecule has 3 rings (SSSR count). The van der Waals surface area contributed by atoms with Gasteiger partial charge in [0.2, 0.25) is 5.91 Å². The van der Waals surface area contributed by atoms with Gasteiger partial charge < -0.3 is 9.84 Å². The molecule has 0 unspecified atom stereocenters. The van der Waals surface area contributed by atoms with Gasteiger partial charge in [0, 0.05) is 17.7 Å². The van der Waals surface area contributed by atoms with Gasteiger partial charge in [0.25, 0.3) is 0 Å². The molecule has 0 bridgehead atoms. The fourth-order valence-corrected chi connectivity index (χ4v) is 3.34. The number of carbonyl (C=O) groups is 1. The van der Waals surface area contributed by atoms with E-state index in [1.165, 1.54) is 6.92 Å². The van der Waals surface area contributed by atoms with E-state index in [4.69, 9.17) is 4.52 Å². The van der Waals surface area contributed by atoms with E-state index in [1.807, 2.05) is 30.3 Å². The summed E-state index contributed by atoms with van der Waals surface area (Å²) in [7, 11) is -3.65. The van der Waals surface area contributed by atoms with Crippen molar-refractivity contribution in [2.75, 3.05) is 0 Å². The zero-order valence-electron chi connectivity index (χ0n) is 12.7. The van der Waals surface area contributed by atoms with Gasteiger partial charge in [-0.2, -0.15) is 0 Å². The number of aromatic nitrogens is 1. The molecule has 23 heavy (non-hydrogen) atoms. The van der Waals surface area contributed by atoms with E-state index in [0.29, 0.717) is 5.69 Å². The first-order valence-corrected chi connectivity index (χ1v) is 9.20. The average molecular weight is 334 g/mol. The number of nitrogens with one attached hydrogen (secondary N) is 1. The highest BCUT2D eigenvalue weighted by Gasteiger charge is 2.33. The van der Waals surface area contributed by atoms with Gasteiger partial charge in [-0.05, 0) is 19.8 Å². The second-order valence-electron chi connectivity index (χ2n) is 5.78. The van der Waals surface area contributed by atoms with E-state index in [-0.39, 0.29) is 17.6 Å². The van der Waals surface area contributed by atoms with Crippen LogP contribution in [0.1, 0.15) is 25.5 Å². The average Bonchev–Trinajstić information content (AvgIpc) is 3.23. The minimum absolute atomic E-state index is 0.134. The predicted octanol–water partition coefficient (Wildman–Crippen LogP) is 1.92. The maximum atomic E-state index is 12.3. The maximum absolute atomic E-state index is 12.3. The molecule has 1 N–H and O–H groups in total. The van der Waals surface area contributed by atoms with Crippen molar-refractivity contribution in [3.63, 3.8) is 0 Å². The van der Waals surface area contributed by atoms with Crippen molar-refractivity contribution in [3.8, 4) is 11.3 Å². The normalized spacial score (nSPS) is 16.0. The fourth-order valence-electron chi connectivity index (χ4n) is 2.16. The molecule has 0 saturated heterocycles. The number of rotatable bonds is 6. The van der Waals surface area contributed by atoms with E-state index in [1.54, 1.807) is 6.07 Å². The molecule has 1 amide bonds. The molecule has 1 atom stereocenters. The number of carbonyl (C=O) groups excluding carboxylic acids is 1. The van der Waals surface area contributed by atoms with Crippen molar-refractivity contribution in [3.05, 3.63) is 42.2 Å². The third-order valence-corrected chi connectivity index (χ3v) is 5.78. The van der Waals surface area contributed by atoms with Crippen LogP contribution >= 0.6 is 0 Å². The third kappa shape index (κ3) is 3.79. The third-order valence-electron chi connectivity index (χ3n) is 3.80. The zero-order valence-corrected chi connectivity index (χ0v) is 13.5. The standard InChI is InChI=1S/C16H18N2O4S/c1-11(16(19)17-13-7-8-13)23(20,21)10-14-9-15(18-22-14)12-5-3-2-4-6-12/h2-6,9,11,13H,7-8,10H2,1H3,(H,17,19)/t11-/m0/s1. The van der Waals surface area contributed by atoms with E-state index in [0.717, 1.165) is 18.4 Å². The summed E-state index contributed by atoms with van der Waals surface area (Å²) in [5, 5.41) is 5.50. The zero-order chi connectivity index (χ0) is 16.4. The van der Waals surface area contributed by atoms with Crippen molar-refractivity contribution in [1.82, 2.24) is 10.5 Å². The van der Waals surface area contributed by atoms with Crippen LogP contribution in [0, 0.1) is 0 Å². The Labute approximate surface area is 134 Å². The first-order valence-electron chi connectivity index (χ1n) is 7.48. The lowest BCUT2D eigenvalue weighted by Gasteiger charge is -2.11. The van der Waals surface area contributed by atoms with Gasteiger partial charge in [-0.15, -0.1) is 0 Å². The molecular formula is C16H18N2O4S. The van der Waals surface area contributed by atoms with E-state index in [9.17, 15) is 13.2 Å². The summed E-state index contributed by atoms with van der Waals surface area (Å²) in [6.07, 6.45) is 1.84. The summed E-state index contributed by atoms with van der Waals surface area (Å²) in [6, 6.07) is 11.1. The van der Waals surface area contributed by atoms with Crippen molar-refractivity contribution in [2.24, 2.45) is 0 Å². The quantitative estimate of drug-likeness (QED) is 0.872. The van der Waals surface area contributed by atoms with Gasteiger partial charge in [-0.3, -0.25) is 4.79 Å². The molecule has 1 aromatic carbocycles. The topological polar surface area (TPSA) is 89.3 Å². The summed E-state index contributed by atoms with van der Waals surface area (Å²) in [5.41, 5.74) is 1.42. The Hall–Kier alpha value is -2.15. The lowest BCUT2D eigenvalue weighted by molar-refractivity contribution is -0.120. The molecule has 122 valence electrons. The van der Waals surface area contributed by atoms with Crippen LogP contribution in [0.2, 0.25) is 0 Å². The largest absolute Gasteiger partial charge is 0.360 e. The van der Waals surface area contributed by atoms with Crippen molar-refractivity contribution in [2.45, 2.75) is 36.8 Å². The second-order valence-corrected chi connectivity index (χ2v) is 8.10. The van der Waals surface area contributed by atoms with E-state index in [2.05, 4.69) is 10.5 Å². The highest BCUT2D eigenvalue weighted by Crippen LogP contribution is 2.22. The molecule has 6 nitrogen and oxygen atoms in total. The predicted molar refractivity (Wildman–Crippen MR) is 85.2 cm³/mol. The smallest absolute Gasteiger partial charge is 0.238 e. The van der Waals surface area contributed by atoms with E-state index >= 15 is 0 Å². The minimum Gasteiger partial charge on any atom is -0.360 e. The molecule has 1 aliphatic rings. The van der Waals surface area contributed by atoms with Crippen LogP contribution in [-0.4, -0.2) is 30.8 Å². The van der Waals surface area contributed by atoms with Gasteiger partial charge >= 0.3 is 0 Å². The molecule has 0 radical (unpaired) electrons. The molecular weight excluding hydrogens is 316 g/mol. The Morgan fingerprint density at radius 2 is 2.04 bits per heavy atom. The highest BCUT2D eigenvalue weighted by atomic mass is 32.2. The van der Waals surface area contributed by atoms with Gasteiger partial charge in [-0.1, -0.05) is 35.5 Å². The minimum atomic E-state index is -3.65. The number of sulfone groups is 1. The number of amides is 1. The Morgan fingerprint density at radius 1 is 1.35 bits per heavy atom. The van der Waals surface area contributed by atoms with Gasteiger partial charge in [-0.25, -0.2) is 8.42 Å². The van der Waals surface area contributed by atoms with Gasteiger partial charge in [0.1, 0.15) is 16.7 Å². The van der Waals surface area contributed by atoms with Crippen LogP contribution in [0.3, 0.4) is 0 Å². The summed E-state index contributed by atoms with van der Waals surface area (Å²) in [6.45, 7) is 1.40. The van der Waals surface area contributed by atoms with Crippen LogP contribution in [0.4, 0.5) is 0 Å². The van der Waals surface area contributed by atoms with Crippen LogP contribution in [-0.2, 0) is 20.4 Å². The first-order chi connectivity index (χ1) is 11.0. The van der Waals surface area contributed by atoms with Gasteiger partial charge in [0.15, 0.2) is 15.6 Å². The number of hydrogen-bond donors (Lipinski definition) is 1. The fraction of sp³-hybridized carbons (Fsp3) is 0.375. The molecule has 2 aromatic rings. The highest BCUT2D eigenvalue weighted by molar-refractivity contribution is 7.92. The second kappa shape index (κ2) is 6.16. The van der Waals surface area contributed by atoms with Crippen LogP contribution in [0.5, 0.6) is 0 Å². The monoisotopic (exact) mass is 334 g/mol. The van der Waals surface area contributed by atoms with Crippen molar-refractivity contribution >= 4 is 15.7 Å². The summed E-state index contributed by atoms with van der Waals surface area (Å²) in [4.78, 5) is 11.9. The van der Waals surface area contributed by atoms with Crippen LogP contribution in [0.25, 0.3) is 11.3 Å². The number of benzene rings is 1.